The van der Waals surface area contributed by atoms with Crippen LogP contribution in [0.5, 0.6) is 0 Å². The van der Waals surface area contributed by atoms with Gasteiger partial charge in [-0.05, 0) is 67.2 Å². The fraction of sp³-hybridized carbons (Fsp3) is 0.278. The summed E-state index contributed by atoms with van der Waals surface area (Å²) in [5, 5.41) is 15.8. The van der Waals surface area contributed by atoms with Crippen molar-refractivity contribution in [3.63, 3.8) is 0 Å². The zero-order chi connectivity index (χ0) is 18.0. The average Bonchev–Trinajstić information content (AvgIpc) is 2.90. The molecule has 4 nitrogen and oxygen atoms in total. The first-order chi connectivity index (χ1) is 12.0. The number of nitrogens with zero attached hydrogens (tertiary/aromatic N) is 1. The monoisotopic (exact) mass is 373 g/mol. The zero-order valence-electron chi connectivity index (χ0n) is 13.6. The summed E-state index contributed by atoms with van der Waals surface area (Å²) >= 11 is 6.71. The third-order valence-corrected chi connectivity index (χ3v) is 5.56. The highest BCUT2D eigenvalue weighted by molar-refractivity contribution is 7.80. The topological polar surface area (TPSA) is 64.9 Å². The predicted octanol–water partition coefficient (Wildman–Crippen LogP) is 4.01. The van der Waals surface area contributed by atoms with E-state index in [4.69, 9.17) is 12.2 Å². The number of benzene rings is 1. The van der Waals surface area contributed by atoms with Crippen LogP contribution in [-0.4, -0.2) is 11.0 Å². The molecular formula is C18H16FN3OS2. The van der Waals surface area contributed by atoms with E-state index < -0.39 is 11.7 Å². The molecule has 1 atom stereocenters. The summed E-state index contributed by atoms with van der Waals surface area (Å²) in [4.78, 5) is 13.3. The summed E-state index contributed by atoms with van der Waals surface area (Å²) in [5.41, 5.74) is 2.02. The second kappa shape index (κ2) is 7.30. The number of thiocarbonyl (C=S) groups is 1. The lowest BCUT2D eigenvalue weighted by atomic mass is 9.89. The maximum absolute atomic E-state index is 12.9. The van der Waals surface area contributed by atoms with E-state index in [9.17, 15) is 14.4 Å². The molecule has 0 radical (unpaired) electrons. The van der Waals surface area contributed by atoms with Gasteiger partial charge in [0.2, 0.25) is 0 Å². The molecule has 3 rings (SSSR count). The number of carbonyl (C=O) groups excluding carboxylic acids is 1. The number of thiophene rings is 1. The Hall–Kier alpha value is -2.30. The van der Waals surface area contributed by atoms with Crippen LogP contribution in [0.2, 0.25) is 0 Å². The molecule has 1 aliphatic carbocycles. The molecule has 7 heteroatoms. The molecule has 128 valence electrons. The molecule has 2 aromatic rings. The molecular weight excluding hydrogens is 357 g/mol. The van der Waals surface area contributed by atoms with E-state index in [1.165, 1.54) is 40.5 Å². The van der Waals surface area contributed by atoms with Crippen molar-refractivity contribution in [2.45, 2.75) is 26.2 Å². The molecule has 1 aromatic heterocycles. The lowest BCUT2D eigenvalue weighted by Gasteiger charge is -2.17. The van der Waals surface area contributed by atoms with Gasteiger partial charge in [-0.1, -0.05) is 6.92 Å². The van der Waals surface area contributed by atoms with Gasteiger partial charge in [-0.3, -0.25) is 10.1 Å². The van der Waals surface area contributed by atoms with Gasteiger partial charge in [0.1, 0.15) is 16.9 Å². The van der Waals surface area contributed by atoms with Crippen LogP contribution in [0.4, 0.5) is 9.39 Å². The quantitative estimate of drug-likeness (QED) is 0.781. The molecule has 0 saturated heterocycles. The first kappa shape index (κ1) is 17.5. The number of anilines is 1. The summed E-state index contributed by atoms with van der Waals surface area (Å²) in [6.07, 6.45) is 2.93. The van der Waals surface area contributed by atoms with E-state index >= 15 is 0 Å². The Balaban J connectivity index is 1.72. The Morgan fingerprint density at radius 1 is 1.40 bits per heavy atom. The minimum atomic E-state index is -0.425. The number of amides is 1. The first-order valence-corrected chi connectivity index (χ1v) is 9.13. The van der Waals surface area contributed by atoms with Crippen LogP contribution in [0.3, 0.4) is 0 Å². The molecule has 0 spiro atoms. The van der Waals surface area contributed by atoms with Crippen LogP contribution in [0.1, 0.15) is 39.7 Å². The van der Waals surface area contributed by atoms with Crippen LogP contribution in [0.25, 0.3) is 0 Å². The van der Waals surface area contributed by atoms with E-state index in [1.807, 2.05) is 0 Å². The number of halogens is 1. The minimum absolute atomic E-state index is 0.123. The van der Waals surface area contributed by atoms with Crippen molar-refractivity contribution in [3.05, 3.63) is 51.7 Å². The van der Waals surface area contributed by atoms with E-state index in [1.54, 1.807) is 0 Å². The Kier molecular flexibility index (Phi) is 5.11. The van der Waals surface area contributed by atoms with E-state index in [-0.39, 0.29) is 5.11 Å². The Morgan fingerprint density at radius 2 is 2.12 bits per heavy atom. The number of fused-ring (bicyclic) bond motifs is 1. The molecule has 2 N–H and O–H groups in total. The van der Waals surface area contributed by atoms with Crippen molar-refractivity contribution < 1.29 is 9.18 Å². The molecule has 25 heavy (non-hydrogen) atoms. The van der Waals surface area contributed by atoms with Crippen molar-refractivity contribution in [1.82, 2.24) is 5.32 Å². The fourth-order valence-corrected chi connectivity index (χ4v) is 4.49. The number of rotatable bonds is 2. The predicted molar refractivity (Wildman–Crippen MR) is 100 cm³/mol. The molecule has 1 amide bonds. The number of hydrogen-bond donors (Lipinski definition) is 2. The highest BCUT2D eigenvalue weighted by Gasteiger charge is 2.24. The summed E-state index contributed by atoms with van der Waals surface area (Å²) in [7, 11) is 0. The Bertz CT molecular complexity index is 868. The largest absolute Gasteiger partial charge is 0.323 e. The molecule has 1 aromatic carbocycles. The SMILES string of the molecule is C[C@@H]1CCc2c(sc(NC(=S)NC(=O)c3ccc(F)cc3)c2C#N)C1. The van der Waals surface area contributed by atoms with E-state index in [0.717, 1.165) is 24.8 Å². The van der Waals surface area contributed by atoms with Gasteiger partial charge in [0.05, 0.1) is 5.56 Å². The molecule has 0 saturated carbocycles. The standard InChI is InChI=1S/C18H16FN3OS2/c1-10-2-7-13-14(9-20)17(25-15(13)8-10)22-18(24)21-16(23)11-3-5-12(19)6-4-11/h3-6,10H,2,7-8H2,1H3,(H2,21,22,23,24)/t10-/m1/s1. The van der Waals surface area contributed by atoms with Gasteiger partial charge in [-0.2, -0.15) is 5.26 Å². The first-order valence-electron chi connectivity index (χ1n) is 7.90. The van der Waals surface area contributed by atoms with E-state index in [0.29, 0.717) is 22.0 Å². The van der Waals surface area contributed by atoms with Crippen LogP contribution in [-0.2, 0) is 12.8 Å². The molecule has 0 bridgehead atoms. The number of nitrogens with one attached hydrogen (secondary N) is 2. The summed E-state index contributed by atoms with van der Waals surface area (Å²) in [6.45, 7) is 2.20. The second-order valence-corrected chi connectivity index (χ2v) is 7.60. The molecule has 1 aliphatic rings. The van der Waals surface area contributed by atoms with E-state index in [2.05, 4.69) is 23.6 Å². The normalized spacial score (nSPS) is 15.8. The number of nitriles is 1. The van der Waals surface area contributed by atoms with Gasteiger partial charge >= 0.3 is 0 Å². The minimum Gasteiger partial charge on any atom is -0.323 e. The summed E-state index contributed by atoms with van der Waals surface area (Å²) < 4.78 is 12.9. The lowest BCUT2D eigenvalue weighted by molar-refractivity contribution is 0.0977. The van der Waals surface area contributed by atoms with Crippen molar-refractivity contribution >= 4 is 39.6 Å². The van der Waals surface area contributed by atoms with Gasteiger partial charge in [0.25, 0.3) is 5.91 Å². The maximum Gasteiger partial charge on any atom is 0.257 e. The Labute approximate surface area is 154 Å². The van der Waals surface area contributed by atoms with Crippen LogP contribution in [0.15, 0.2) is 24.3 Å². The number of hydrogen-bond acceptors (Lipinski definition) is 4. The van der Waals surface area contributed by atoms with Gasteiger partial charge in [0, 0.05) is 10.4 Å². The third-order valence-electron chi connectivity index (χ3n) is 4.18. The third kappa shape index (κ3) is 3.86. The van der Waals surface area contributed by atoms with Gasteiger partial charge in [-0.15, -0.1) is 11.3 Å². The fourth-order valence-electron chi connectivity index (χ4n) is 2.87. The molecule has 0 fully saturated rings. The second-order valence-electron chi connectivity index (χ2n) is 6.08. The highest BCUT2D eigenvalue weighted by Crippen LogP contribution is 2.39. The lowest BCUT2D eigenvalue weighted by Crippen LogP contribution is -2.34. The summed E-state index contributed by atoms with van der Waals surface area (Å²) in [6, 6.07) is 7.46. The zero-order valence-corrected chi connectivity index (χ0v) is 15.2. The van der Waals surface area contributed by atoms with Crippen LogP contribution < -0.4 is 10.6 Å². The summed E-state index contributed by atoms with van der Waals surface area (Å²) in [5.74, 6) is -0.226. The molecule has 0 unspecified atom stereocenters. The van der Waals surface area contributed by atoms with Gasteiger partial charge in [0.15, 0.2) is 5.11 Å². The average molecular weight is 373 g/mol. The van der Waals surface area contributed by atoms with Crippen molar-refractivity contribution in [2.75, 3.05) is 5.32 Å². The molecule has 0 aliphatic heterocycles. The Morgan fingerprint density at radius 3 is 2.80 bits per heavy atom. The van der Waals surface area contributed by atoms with Gasteiger partial charge in [-0.25, -0.2) is 4.39 Å². The van der Waals surface area contributed by atoms with Crippen molar-refractivity contribution in [2.24, 2.45) is 5.92 Å². The smallest absolute Gasteiger partial charge is 0.257 e. The number of carbonyl (C=O) groups is 1. The maximum atomic E-state index is 12.9. The van der Waals surface area contributed by atoms with Crippen LogP contribution >= 0.6 is 23.6 Å². The molecule has 1 heterocycles. The van der Waals surface area contributed by atoms with Crippen LogP contribution in [0, 0.1) is 23.1 Å². The highest BCUT2D eigenvalue weighted by atomic mass is 32.1. The van der Waals surface area contributed by atoms with Crippen molar-refractivity contribution in [3.8, 4) is 6.07 Å². The van der Waals surface area contributed by atoms with Gasteiger partial charge < -0.3 is 5.32 Å². The van der Waals surface area contributed by atoms with Crippen molar-refractivity contribution in [1.29, 1.82) is 5.26 Å².